The normalized spacial score (nSPS) is 11.9. The predicted octanol–water partition coefficient (Wildman–Crippen LogP) is 0.164. The summed E-state index contributed by atoms with van der Waals surface area (Å²) in [7, 11) is 0. The maximum Gasteiger partial charge on any atom is 0.251 e. The molecule has 1 aromatic carbocycles. The predicted molar refractivity (Wildman–Crippen MR) is 61.6 cm³/mol. The summed E-state index contributed by atoms with van der Waals surface area (Å²) in [5, 5.41) is 11.3. The molecule has 2 amide bonds. The van der Waals surface area contributed by atoms with Crippen LogP contribution in [0.2, 0.25) is 0 Å². The molecular weight excluding hydrogens is 295 g/mol. The highest BCUT2D eigenvalue weighted by Gasteiger charge is 2.13. The van der Waals surface area contributed by atoms with Crippen LogP contribution < -0.4 is 11.1 Å². The van der Waals surface area contributed by atoms with E-state index in [1.807, 2.05) is 0 Å². The topological polar surface area (TPSA) is 92.4 Å². The number of aliphatic hydroxyl groups is 1. The third kappa shape index (κ3) is 3.79. The second kappa shape index (κ2) is 5.74. The summed E-state index contributed by atoms with van der Waals surface area (Å²) in [5.41, 5.74) is 4.88. The standard InChI is InChI=1S/C10H10BrFN2O3/c11-6-2-1-5(3-7(6)12)10(17)14-4-8(15)9(13)16/h1-3,8,15H,4H2,(H2,13,16)(H,14,17). The van der Waals surface area contributed by atoms with Gasteiger partial charge in [0.1, 0.15) is 11.9 Å². The van der Waals surface area contributed by atoms with Gasteiger partial charge in [0.15, 0.2) is 0 Å². The summed E-state index contributed by atoms with van der Waals surface area (Å²) in [6.45, 7) is -0.314. The number of rotatable bonds is 4. The number of primary amides is 1. The Kier molecular flexibility index (Phi) is 4.59. The maximum absolute atomic E-state index is 13.1. The Hall–Kier alpha value is -1.47. The van der Waals surface area contributed by atoms with Crippen LogP contribution in [0.3, 0.4) is 0 Å². The Morgan fingerprint density at radius 1 is 1.53 bits per heavy atom. The molecular formula is C10H10BrFN2O3. The largest absolute Gasteiger partial charge is 0.381 e. The van der Waals surface area contributed by atoms with E-state index in [0.717, 1.165) is 6.07 Å². The van der Waals surface area contributed by atoms with Gasteiger partial charge in [0.2, 0.25) is 5.91 Å². The Morgan fingerprint density at radius 3 is 2.71 bits per heavy atom. The zero-order valence-electron chi connectivity index (χ0n) is 8.61. The molecule has 0 heterocycles. The van der Waals surface area contributed by atoms with Gasteiger partial charge in [-0.1, -0.05) is 0 Å². The van der Waals surface area contributed by atoms with Crippen molar-refractivity contribution in [1.29, 1.82) is 0 Å². The third-order valence-corrected chi connectivity index (χ3v) is 2.61. The average Bonchev–Trinajstić information content (AvgIpc) is 2.28. The van der Waals surface area contributed by atoms with Gasteiger partial charge in [0.05, 0.1) is 11.0 Å². The molecule has 5 nitrogen and oxygen atoms in total. The average molecular weight is 305 g/mol. The molecule has 0 fully saturated rings. The Morgan fingerprint density at radius 2 is 2.18 bits per heavy atom. The maximum atomic E-state index is 13.1. The van der Waals surface area contributed by atoms with Crippen LogP contribution >= 0.6 is 15.9 Å². The first-order valence-electron chi connectivity index (χ1n) is 4.62. The molecule has 7 heteroatoms. The van der Waals surface area contributed by atoms with Crippen LogP contribution in [0.15, 0.2) is 22.7 Å². The summed E-state index contributed by atoms with van der Waals surface area (Å²) in [6, 6.07) is 3.82. The van der Waals surface area contributed by atoms with Gasteiger partial charge < -0.3 is 16.2 Å². The number of carbonyl (C=O) groups excluding carboxylic acids is 2. The smallest absolute Gasteiger partial charge is 0.251 e. The van der Waals surface area contributed by atoms with Crippen molar-refractivity contribution in [2.75, 3.05) is 6.54 Å². The molecule has 0 saturated heterocycles. The second-order valence-electron chi connectivity index (χ2n) is 3.26. The second-order valence-corrected chi connectivity index (χ2v) is 4.11. The van der Waals surface area contributed by atoms with E-state index >= 15 is 0 Å². The lowest BCUT2D eigenvalue weighted by molar-refractivity contribution is -0.125. The van der Waals surface area contributed by atoms with Crippen LogP contribution in [-0.4, -0.2) is 29.6 Å². The summed E-state index contributed by atoms with van der Waals surface area (Å²) in [5.74, 6) is -2.11. The number of hydrogen-bond acceptors (Lipinski definition) is 3. The lowest BCUT2D eigenvalue weighted by Gasteiger charge is -2.08. The molecule has 0 aliphatic carbocycles. The van der Waals surface area contributed by atoms with Crippen LogP contribution in [0.25, 0.3) is 0 Å². The number of amides is 2. The molecule has 1 aromatic rings. The molecule has 4 N–H and O–H groups in total. The fourth-order valence-corrected chi connectivity index (χ4v) is 1.28. The molecule has 0 aliphatic rings. The number of nitrogens with one attached hydrogen (secondary N) is 1. The molecule has 17 heavy (non-hydrogen) atoms. The Labute approximate surface area is 105 Å². The lowest BCUT2D eigenvalue weighted by Crippen LogP contribution is -2.39. The number of carbonyl (C=O) groups is 2. The number of halogens is 2. The van der Waals surface area contributed by atoms with E-state index in [4.69, 9.17) is 10.8 Å². The first-order valence-corrected chi connectivity index (χ1v) is 5.41. The van der Waals surface area contributed by atoms with Crippen LogP contribution in [0, 0.1) is 5.82 Å². The van der Waals surface area contributed by atoms with Crippen molar-refractivity contribution in [3.05, 3.63) is 34.1 Å². The molecule has 0 radical (unpaired) electrons. The van der Waals surface area contributed by atoms with Crippen LogP contribution in [0.1, 0.15) is 10.4 Å². The van der Waals surface area contributed by atoms with E-state index in [-0.39, 0.29) is 16.6 Å². The number of aliphatic hydroxyl groups excluding tert-OH is 1. The Bertz CT molecular complexity index is 453. The minimum Gasteiger partial charge on any atom is -0.381 e. The summed E-state index contributed by atoms with van der Waals surface area (Å²) in [6.07, 6.45) is -1.46. The zero-order valence-corrected chi connectivity index (χ0v) is 10.2. The van der Waals surface area contributed by atoms with Crippen LogP contribution in [-0.2, 0) is 4.79 Å². The van der Waals surface area contributed by atoms with Crippen molar-refractivity contribution in [1.82, 2.24) is 5.32 Å². The van der Waals surface area contributed by atoms with Crippen molar-refractivity contribution in [2.24, 2.45) is 5.73 Å². The highest BCUT2D eigenvalue weighted by molar-refractivity contribution is 9.10. The highest BCUT2D eigenvalue weighted by Crippen LogP contribution is 2.16. The van der Waals surface area contributed by atoms with Crippen molar-refractivity contribution >= 4 is 27.7 Å². The van der Waals surface area contributed by atoms with Crippen LogP contribution in [0.4, 0.5) is 4.39 Å². The summed E-state index contributed by atoms with van der Waals surface area (Å²) < 4.78 is 13.4. The van der Waals surface area contributed by atoms with Crippen molar-refractivity contribution in [3.8, 4) is 0 Å². The first-order chi connectivity index (χ1) is 7.91. The van der Waals surface area contributed by atoms with E-state index in [9.17, 15) is 14.0 Å². The van der Waals surface area contributed by atoms with Gasteiger partial charge in [-0.15, -0.1) is 0 Å². The van der Waals surface area contributed by atoms with E-state index < -0.39 is 23.7 Å². The minimum atomic E-state index is -1.46. The van der Waals surface area contributed by atoms with Gasteiger partial charge in [-0.3, -0.25) is 9.59 Å². The van der Waals surface area contributed by atoms with E-state index in [1.54, 1.807) is 0 Å². The van der Waals surface area contributed by atoms with Gasteiger partial charge >= 0.3 is 0 Å². The van der Waals surface area contributed by atoms with E-state index in [2.05, 4.69) is 21.2 Å². The molecule has 0 aliphatic heterocycles. The molecule has 1 unspecified atom stereocenters. The molecule has 0 aromatic heterocycles. The minimum absolute atomic E-state index is 0.0855. The monoisotopic (exact) mass is 304 g/mol. The molecule has 0 bridgehead atoms. The van der Waals surface area contributed by atoms with Gasteiger partial charge in [0, 0.05) is 5.56 Å². The molecule has 1 atom stereocenters. The molecule has 1 rings (SSSR count). The fourth-order valence-electron chi connectivity index (χ4n) is 1.03. The van der Waals surface area contributed by atoms with Gasteiger partial charge in [-0.2, -0.15) is 0 Å². The summed E-state index contributed by atoms with van der Waals surface area (Å²) in [4.78, 5) is 22.0. The van der Waals surface area contributed by atoms with Gasteiger partial charge in [-0.05, 0) is 34.1 Å². The quantitative estimate of drug-likeness (QED) is 0.740. The Balaban J connectivity index is 2.64. The number of benzene rings is 1. The van der Waals surface area contributed by atoms with Crippen molar-refractivity contribution in [2.45, 2.75) is 6.10 Å². The van der Waals surface area contributed by atoms with Crippen LogP contribution in [0.5, 0.6) is 0 Å². The van der Waals surface area contributed by atoms with Crippen molar-refractivity contribution in [3.63, 3.8) is 0 Å². The summed E-state index contributed by atoms with van der Waals surface area (Å²) >= 11 is 2.95. The molecule has 0 saturated carbocycles. The lowest BCUT2D eigenvalue weighted by atomic mass is 10.2. The van der Waals surface area contributed by atoms with Gasteiger partial charge in [0.25, 0.3) is 5.91 Å². The molecule has 92 valence electrons. The zero-order chi connectivity index (χ0) is 13.0. The molecule has 0 spiro atoms. The number of nitrogens with two attached hydrogens (primary N) is 1. The SMILES string of the molecule is NC(=O)C(O)CNC(=O)c1ccc(Br)c(F)c1. The van der Waals surface area contributed by atoms with Crippen molar-refractivity contribution < 1.29 is 19.1 Å². The van der Waals surface area contributed by atoms with E-state index in [0.29, 0.717) is 0 Å². The number of hydrogen-bond donors (Lipinski definition) is 3. The fraction of sp³-hybridized carbons (Fsp3) is 0.200. The third-order valence-electron chi connectivity index (χ3n) is 1.97. The van der Waals surface area contributed by atoms with Gasteiger partial charge in [-0.25, -0.2) is 4.39 Å². The van der Waals surface area contributed by atoms with E-state index in [1.165, 1.54) is 12.1 Å². The highest BCUT2D eigenvalue weighted by atomic mass is 79.9. The first kappa shape index (κ1) is 13.6.